The molecule has 0 saturated heterocycles. The molecular weight excluding hydrogens is 508 g/mol. The van der Waals surface area contributed by atoms with Crippen molar-refractivity contribution in [3.8, 4) is 5.75 Å². The summed E-state index contributed by atoms with van der Waals surface area (Å²) in [7, 11) is -3.93. The van der Waals surface area contributed by atoms with Crippen LogP contribution in [0, 0.1) is 13.8 Å². The number of fused-ring (bicyclic) bond motifs is 1. The molecule has 0 saturated carbocycles. The summed E-state index contributed by atoms with van der Waals surface area (Å²) in [4.78, 5) is 15.1. The fourth-order valence-electron chi connectivity index (χ4n) is 4.30. The summed E-state index contributed by atoms with van der Waals surface area (Å²) in [6.07, 6.45) is 5.47. The first-order chi connectivity index (χ1) is 17.5. The van der Waals surface area contributed by atoms with E-state index in [0.717, 1.165) is 58.9 Å². The van der Waals surface area contributed by atoms with Gasteiger partial charge in [0.2, 0.25) is 4.34 Å². The van der Waals surface area contributed by atoms with Crippen molar-refractivity contribution in [1.29, 1.82) is 0 Å². The van der Waals surface area contributed by atoms with Gasteiger partial charge in [-0.05, 0) is 86.1 Å². The number of hydrogen-bond acceptors (Lipinski definition) is 6. The summed E-state index contributed by atoms with van der Waals surface area (Å²) in [5.74, 6) is -0.510. The molecule has 1 aromatic heterocycles. The maximum atomic E-state index is 13.7. The third-order valence-electron chi connectivity index (χ3n) is 6.13. The van der Waals surface area contributed by atoms with Gasteiger partial charge < -0.3 is 9.84 Å². The lowest BCUT2D eigenvalue weighted by atomic mass is 10.1. The van der Waals surface area contributed by atoms with E-state index >= 15 is 0 Å². The molecule has 1 N–H and O–H groups in total. The standard InChI is InChI=1S/C28H30N2O5S2/c1-18(2)15-30(37(33,34)28-29-20(4)17-36-28)25-13-22-6-5-7-23(22)14-26(25)35-16-24-10-8-21(12-19(24)3)9-11-27(31)32/h8-14,17H,1,5-7,15-16H2,2-4H3,(H,31,32). The molecule has 0 radical (unpaired) electrons. The third-order valence-corrected chi connectivity index (χ3v) is 9.24. The topological polar surface area (TPSA) is 96.8 Å². The molecule has 1 heterocycles. The Balaban J connectivity index is 1.71. The van der Waals surface area contributed by atoms with Gasteiger partial charge in [0.15, 0.2) is 0 Å². The number of sulfonamides is 1. The van der Waals surface area contributed by atoms with E-state index in [1.54, 1.807) is 25.3 Å². The average Bonchev–Trinajstić information content (AvgIpc) is 3.48. The van der Waals surface area contributed by atoms with E-state index < -0.39 is 16.0 Å². The Morgan fingerprint density at radius 3 is 2.57 bits per heavy atom. The van der Waals surface area contributed by atoms with Crippen LogP contribution < -0.4 is 9.04 Å². The Morgan fingerprint density at radius 1 is 1.22 bits per heavy atom. The third kappa shape index (κ3) is 6.11. The van der Waals surface area contributed by atoms with Crippen molar-refractivity contribution in [2.45, 2.75) is 51.0 Å². The minimum absolute atomic E-state index is 0.0403. The van der Waals surface area contributed by atoms with Crippen LogP contribution in [0.2, 0.25) is 0 Å². The Morgan fingerprint density at radius 2 is 1.95 bits per heavy atom. The van der Waals surface area contributed by atoms with Crippen molar-refractivity contribution in [1.82, 2.24) is 4.98 Å². The van der Waals surface area contributed by atoms with Crippen molar-refractivity contribution in [2.75, 3.05) is 10.8 Å². The Kier molecular flexibility index (Phi) is 7.85. The van der Waals surface area contributed by atoms with Crippen LogP contribution in [-0.4, -0.2) is 31.0 Å². The average molecular weight is 539 g/mol. The molecule has 0 fully saturated rings. The predicted octanol–water partition coefficient (Wildman–Crippen LogP) is 5.70. The van der Waals surface area contributed by atoms with Crippen LogP contribution in [0.25, 0.3) is 6.08 Å². The Hall–Kier alpha value is -3.43. The number of aliphatic carboxylic acids is 1. The van der Waals surface area contributed by atoms with Crippen LogP contribution in [-0.2, 0) is 34.3 Å². The van der Waals surface area contributed by atoms with Crippen LogP contribution in [0.15, 0.2) is 58.3 Å². The molecule has 9 heteroatoms. The summed E-state index contributed by atoms with van der Waals surface area (Å²) >= 11 is 1.10. The molecular formula is C28H30N2O5S2. The number of nitrogens with zero attached hydrogens (tertiary/aromatic N) is 2. The summed E-state index contributed by atoms with van der Waals surface area (Å²) in [6.45, 7) is 9.82. The lowest BCUT2D eigenvalue weighted by molar-refractivity contribution is -0.131. The zero-order chi connectivity index (χ0) is 26.7. The predicted molar refractivity (Wildman–Crippen MR) is 147 cm³/mol. The number of carboxylic acids is 1. The number of aryl methyl sites for hydroxylation is 4. The van der Waals surface area contributed by atoms with Crippen LogP contribution >= 0.6 is 11.3 Å². The van der Waals surface area contributed by atoms with Crippen LogP contribution in [0.4, 0.5) is 5.69 Å². The number of carbonyl (C=O) groups is 1. The van der Waals surface area contributed by atoms with E-state index in [4.69, 9.17) is 9.84 Å². The molecule has 7 nitrogen and oxygen atoms in total. The Bertz CT molecular complexity index is 1490. The van der Waals surface area contributed by atoms with Gasteiger partial charge in [-0.2, -0.15) is 8.42 Å². The van der Waals surface area contributed by atoms with Crippen LogP contribution in [0.1, 0.15) is 46.9 Å². The monoisotopic (exact) mass is 538 g/mol. The highest BCUT2D eigenvalue weighted by molar-refractivity contribution is 7.94. The second kappa shape index (κ2) is 10.9. The number of carboxylic acid groups (broad SMARTS) is 1. The van der Waals surface area contributed by atoms with E-state index in [1.165, 1.54) is 9.87 Å². The second-order valence-electron chi connectivity index (χ2n) is 9.31. The van der Waals surface area contributed by atoms with Crippen LogP contribution in [0.5, 0.6) is 5.75 Å². The summed E-state index contributed by atoms with van der Waals surface area (Å²) in [5, 5.41) is 10.6. The number of anilines is 1. The number of ether oxygens (including phenoxy) is 1. The van der Waals surface area contributed by atoms with Gasteiger partial charge in [-0.3, -0.25) is 4.31 Å². The first kappa shape index (κ1) is 26.6. The van der Waals surface area contributed by atoms with Crippen molar-refractivity contribution < 1.29 is 23.1 Å². The van der Waals surface area contributed by atoms with E-state index in [2.05, 4.69) is 11.6 Å². The van der Waals surface area contributed by atoms with Crippen molar-refractivity contribution in [3.63, 3.8) is 0 Å². The molecule has 37 heavy (non-hydrogen) atoms. The van der Waals surface area contributed by atoms with Gasteiger partial charge in [0.25, 0.3) is 10.0 Å². The summed E-state index contributed by atoms with van der Waals surface area (Å²) in [5.41, 5.74) is 6.77. The minimum Gasteiger partial charge on any atom is -0.487 e. The minimum atomic E-state index is -3.93. The van der Waals surface area contributed by atoms with E-state index in [-0.39, 0.29) is 17.5 Å². The van der Waals surface area contributed by atoms with E-state index in [9.17, 15) is 13.2 Å². The van der Waals surface area contributed by atoms with E-state index in [0.29, 0.717) is 22.7 Å². The first-order valence-corrected chi connectivity index (χ1v) is 14.2. The number of rotatable bonds is 10. The molecule has 3 aromatic rings. The number of thiazole rings is 1. The van der Waals surface area contributed by atoms with Gasteiger partial charge in [0, 0.05) is 17.2 Å². The van der Waals surface area contributed by atoms with Gasteiger partial charge in [0.1, 0.15) is 12.4 Å². The molecule has 1 aliphatic carbocycles. The molecule has 0 bridgehead atoms. The normalized spacial score (nSPS) is 13.1. The molecule has 0 amide bonds. The molecule has 2 aromatic carbocycles. The molecule has 4 rings (SSSR count). The molecule has 0 unspecified atom stereocenters. The highest BCUT2D eigenvalue weighted by atomic mass is 32.2. The highest BCUT2D eigenvalue weighted by Crippen LogP contribution is 2.39. The largest absolute Gasteiger partial charge is 0.487 e. The number of benzene rings is 2. The second-order valence-corrected chi connectivity index (χ2v) is 12.2. The fraction of sp³-hybridized carbons (Fsp3) is 0.286. The summed E-state index contributed by atoms with van der Waals surface area (Å²) < 4.78 is 35.2. The highest BCUT2D eigenvalue weighted by Gasteiger charge is 2.31. The quantitative estimate of drug-likeness (QED) is 0.263. The van der Waals surface area contributed by atoms with Crippen molar-refractivity contribution >= 4 is 39.1 Å². The lowest BCUT2D eigenvalue weighted by Crippen LogP contribution is -2.33. The zero-order valence-corrected chi connectivity index (χ0v) is 22.8. The van der Waals surface area contributed by atoms with Crippen molar-refractivity contribution in [3.05, 3.63) is 87.5 Å². The Labute approximate surface area is 221 Å². The van der Waals surface area contributed by atoms with E-state index in [1.807, 2.05) is 37.3 Å². The van der Waals surface area contributed by atoms with Gasteiger partial charge >= 0.3 is 5.97 Å². The summed E-state index contributed by atoms with van der Waals surface area (Å²) in [6, 6.07) is 9.52. The molecule has 1 aliphatic rings. The van der Waals surface area contributed by atoms with Gasteiger partial charge in [-0.25, -0.2) is 9.78 Å². The van der Waals surface area contributed by atoms with Crippen LogP contribution in [0.3, 0.4) is 0 Å². The first-order valence-electron chi connectivity index (χ1n) is 11.9. The molecule has 0 spiro atoms. The van der Waals surface area contributed by atoms with Gasteiger partial charge in [0.05, 0.1) is 12.2 Å². The van der Waals surface area contributed by atoms with Gasteiger partial charge in [-0.1, -0.05) is 30.4 Å². The fourth-order valence-corrected chi connectivity index (χ4v) is 6.96. The van der Waals surface area contributed by atoms with Gasteiger partial charge in [-0.15, -0.1) is 11.3 Å². The SMILES string of the molecule is C=C(C)CN(c1cc2c(cc1OCc1ccc(C=CC(=O)O)cc1C)CCC2)S(=O)(=O)c1nc(C)cs1. The molecule has 194 valence electrons. The molecule has 0 aliphatic heterocycles. The smallest absolute Gasteiger partial charge is 0.328 e. The number of aromatic nitrogens is 1. The lowest BCUT2D eigenvalue weighted by Gasteiger charge is -2.26. The van der Waals surface area contributed by atoms with Crippen molar-refractivity contribution in [2.24, 2.45) is 0 Å². The maximum absolute atomic E-state index is 13.7. The molecule has 0 atom stereocenters. The zero-order valence-electron chi connectivity index (χ0n) is 21.2. The number of hydrogen-bond donors (Lipinski definition) is 1. The maximum Gasteiger partial charge on any atom is 0.328 e.